The SMILES string of the molecule is C.Cc1sc(CN(C)C)nc1O. The van der Waals surface area contributed by atoms with E-state index in [0.29, 0.717) is 0 Å². The number of aromatic hydroxyl groups is 1. The summed E-state index contributed by atoms with van der Waals surface area (Å²) >= 11 is 1.54. The number of hydrogen-bond acceptors (Lipinski definition) is 4. The third-order valence-corrected chi connectivity index (χ3v) is 2.21. The summed E-state index contributed by atoms with van der Waals surface area (Å²) in [4.78, 5) is 6.90. The van der Waals surface area contributed by atoms with Crippen LogP contribution in [0, 0.1) is 6.92 Å². The first-order valence-electron chi connectivity index (χ1n) is 3.39. The molecule has 3 nitrogen and oxygen atoms in total. The predicted molar refractivity (Wildman–Crippen MR) is 52.6 cm³/mol. The van der Waals surface area contributed by atoms with Crippen molar-refractivity contribution in [2.24, 2.45) is 0 Å². The maximum atomic E-state index is 9.13. The summed E-state index contributed by atoms with van der Waals surface area (Å²) in [5, 5.41) is 10.1. The normalized spacial score (nSPS) is 10.0. The Morgan fingerprint density at radius 3 is 2.42 bits per heavy atom. The van der Waals surface area contributed by atoms with Gasteiger partial charge in [0.2, 0.25) is 5.88 Å². The Hall–Kier alpha value is -0.610. The van der Waals surface area contributed by atoms with Gasteiger partial charge in [-0.3, -0.25) is 0 Å². The fraction of sp³-hybridized carbons (Fsp3) is 0.625. The zero-order chi connectivity index (χ0) is 8.43. The Bertz CT molecular complexity index is 226. The second-order valence-corrected chi connectivity index (χ2v) is 4.01. The van der Waals surface area contributed by atoms with E-state index in [1.165, 1.54) is 11.3 Å². The van der Waals surface area contributed by atoms with E-state index in [4.69, 9.17) is 5.11 Å². The third kappa shape index (κ3) is 2.79. The monoisotopic (exact) mass is 188 g/mol. The molecule has 0 saturated heterocycles. The van der Waals surface area contributed by atoms with Gasteiger partial charge in [-0.1, -0.05) is 7.43 Å². The van der Waals surface area contributed by atoms with Crippen molar-refractivity contribution in [2.45, 2.75) is 20.9 Å². The van der Waals surface area contributed by atoms with Crippen molar-refractivity contribution >= 4 is 11.3 Å². The molecule has 1 heterocycles. The summed E-state index contributed by atoms with van der Waals surface area (Å²) < 4.78 is 0. The van der Waals surface area contributed by atoms with Crippen LogP contribution < -0.4 is 0 Å². The van der Waals surface area contributed by atoms with E-state index < -0.39 is 0 Å². The minimum atomic E-state index is 0. The first-order chi connectivity index (χ1) is 5.09. The predicted octanol–water partition coefficient (Wildman–Crippen LogP) is 1.85. The summed E-state index contributed by atoms with van der Waals surface area (Å²) in [5.41, 5.74) is 0. The topological polar surface area (TPSA) is 36.4 Å². The molecule has 1 N–H and O–H groups in total. The number of thiazole rings is 1. The van der Waals surface area contributed by atoms with Gasteiger partial charge < -0.3 is 10.0 Å². The van der Waals surface area contributed by atoms with E-state index in [9.17, 15) is 0 Å². The van der Waals surface area contributed by atoms with Crippen molar-refractivity contribution in [3.63, 3.8) is 0 Å². The fourth-order valence-electron chi connectivity index (χ4n) is 0.780. The van der Waals surface area contributed by atoms with Crippen molar-refractivity contribution in [3.8, 4) is 5.88 Å². The van der Waals surface area contributed by atoms with Gasteiger partial charge in [-0.2, -0.15) is 0 Å². The van der Waals surface area contributed by atoms with Crippen LogP contribution in [0.4, 0.5) is 0 Å². The smallest absolute Gasteiger partial charge is 0.225 e. The maximum Gasteiger partial charge on any atom is 0.225 e. The molecule has 1 aromatic rings. The third-order valence-electron chi connectivity index (χ3n) is 1.27. The van der Waals surface area contributed by atoms with Gasteiger partial charge in [-0.15, -0.1) is 11.3 Å². The van der Waals surface area contributed by atoms with E-state index in [-0.39, 0.29) is 13.3 Å². The molecule has 0 saturated carbocycles. The van der Waals surface area contributed by atoms with Crippen LogP contribution in [0.15, 0.2) is 0 Å². The van der Waals surface area contributed by atoms with Crippen molar-refractivity contribution in [1.29, 1.82) is 0 Å². The highest BCUT2D eigenvalue weighted by atomic mass is 32.1. The Labute approximate surface area is 77.7 Å². The molecule has 0 radical (unpaired) electrons. The van der Waals surface area contributed by atoms with E-state index in [1.807, 2.05) is 25.9 Å². The minimum Gasteiger partial charge on any atom is -0.492 e. The molecule has 0 fully saturated rings. The van der Waals surface area contributed by atoms with Gasteiger partial charge in [-0.05, 0) is 21.0 Å². The number of hydrogen-bond donors (Lipinski definition) is 1. The second kappa shape index (κ2) is 4.42. The summed E-state index contributed by atoms with van der Waals surface area (Å²) in [5.74, 6) is 0.173. The summed E-state index contributed by atoms with van der Waals surface area (Å²) in [7, 11) is 3.96. The van der Waals surface area contributed by atoms with E-state index in [2.05, 4.69) is 4.98 Å². The van der Waals surface area contributed by atoms with Crippen LogP contribution in [0.1, 0.15) is 17.3 Å². The largest absolute Gasteiger partial charge is 0.492 e. The van der Waals surface area contributed by atoms with Crippen LogP contribution in [0.2, 0.25) is 0 Å². The molecule has 0 spiro atoms. The zero-order valence-electron chi connectivity index (χ0n) is 6.96. The molecule has 4 heteroatoms. The van der Waals surface area contributed by atoms with Gasteiger partial charge in [-0.25, -0.2) is 4.98 Å². The lowest BCUT2D eigenvalue weighted by molar-refractivity contribution is 0.396. The standard InChI is InChI=1S/C7H12N2OS.CH4/c1-5-7(10)8-6(11-5)4-9(2)3;/h10H,4H2,1-3H3;1H4. The summed E-state index contributed by atoms with van der Waals surface area (Å²) in [6.07, 6.45) is 0. The molecule has 0 aromatic carbocycles. The lowest BCUT2D eigenvalue weighted by Crippen LogP contribution is -2.09. The van der Waals surface area contributed by atoms with Crippen molar-refractivity contribution in [2.75, 3.05) is 14.1 Å². The average molecular weight is 188 g/mol. The lowest BCUT2D eigenvalue weighted by Gasteiger charge is -2.04. The second-order valence-electron chi connectivity index (χ2n) is 2.73. The first kappa shape index (κ1) is 11.4. The minimum absolute atomic E-state index is 0. The van der Waals surface area contributed by atoms with Gasteiger partial charge in [0.15, 0.2) is 0 Å². The quantitative estimate of drug-likeness (QED) is 0.769. The molecule has 0 aliphatic rings. The molecule has 70 valence electrons. The highest BCUT2D eigenvalue weighted by Crippen LogP contribution is 2.22. The molecular formula is C8H16N2OS. The number of aromatic nitrogens is 1. The highest BCUT2D eigenvalue weighted by molar-refractivity contribution is 7.11. The molecule has 0 aliphatic heterocycles. The Kier molecular flexibility index (Phi) is 4.20. The highest BCUT2D eigenvalue weighted by Gasteiger charge is 2.05. The number of nitrogens with zero attached hydrogens (tertiary/aromatic N) is 2. The molecule has 0 unspecified atom stereocenters. The average Bonchev–Trinajstić information content (AvgIpc) is 2.10. The van der Waals surface area contributed by atoms with Gasteiger partial charge in [0, 0.05) is 6.54 Å². The number of aryl methyl sites for hydroxylation is 1. The van der Waals surface area contributed by atoms with Crippen LogP contribution in [-0.2, 0) is 6.54 Å². The van der Waals surface area contributed by atoms with E-state index in [0.717, 1.165) is 16.4 Å². The van der Waals surface area contributed by atoms with Crippen molar-refractivity contribution < 1.29 is 5.11 Å². The van der Waals surface area contributed by atoms with Crippen molar-refractivity contribution in [3.05, 3.63) is 9.88 Å². The Morgan fingerprint density at radius 1 is 1.50 bits per heavy atom. The van der Waals surface area contributed by atoms with Crippen LogP contribution in [0.5, 0.6) is 5.88 Å². The van der Waals surface area contributed by atoms with Gasteiger partial charge >= 0.3 is 0 Å². The van der Waals surface area contributed by atoms with E-state index >= 15 is 0 Å². The van der Waals surface area contributed by atoms with Crippen LogP contribution in [0.3, 0.4) is 0 Å². The van der Waals surface area contributed by atoms with Crippen LogP contribution >= 0.6 is 11.3 Å². The van der Waals surface area contributed by atoms with Crippen LogP contribution in [0.25, 0.3) is 0 Å². The van der Waals surface area contributed by atoms with Crippen LogP contribution in [-0.4, -0.2) is 29.1 Å². The Balaban J connectivity index is 0.00000121. The van der Waals surface area contributed by atoms with Gasteiger partial charge in [0.1, 0.15) is 5.01 Å². The molecule has 1 aromatic heterocycles. The summed E-state index contributed by atoms with van der Waals surface area (Å²) in [6, 6.07) is 0. The first-order valence-corrected chi connectivity index (χ1v) is 4.21. The van der Waals surface area contributed by atoms with E-state index in [1.54, 1.807) is 0 Å². The number of rotatable bonds is 2. The molecule has 0 amide bonds. The van der Waals surface area contributed by atoms with Gasteiger partial charge in [0.05, 0.1) is 4.88 Å². The maximum absolute atomic E-state index is 9.13. The van der Waals surface area contributed by atoms with Gasteiger partial charge in [0.25, 0.3) is 0 Å². The zero-order valence-corrected chi connectivity index (χ0v) is 7.77. The molecule has 12 heavy (non-hydrogen) atoms. The fourth-order valence-corrected chi connectivity index (χ4v) is 1.73. The lowest BCUT2D eigenvalue weighted by atomic mass is 10.6. The molecular weight excluding hydrogens is 172 g/mol. The Morgan fingerprint density at radius 2 is 2.08 bits per heavy atom. The van der Waals surface area contributed by atoms with Crippen molar-refractivity contribution in [1.82, 2.24) is 9.88 Å². The molecule has 0 bridgehead atoms. The molecule has 0 aliphatic carbocycles. The molecule has 0 atom stereocenters. The summed E-state index contributed by atoms with van der Waals surface area (Å²) in [6.45, 7) is 2.66. The molecule has 1 rings (SSSR count).